The maximum atomic E-state index is 13.5. The number of hydrogen-bond acceptors (Lipinski definition) is 4. The van der Waals surface area contributed by atoms with Gasteiger partial charge in [0.2, 0.25) is 0 Å². The Morgan fingerprint density at radius 2 is 1.62 bits per heavy atom. The van der Waals surface area contributed by atoms with Gasteiger partial charge in [-0.1, -0.05) is 11.6 Å². The summed E-state index contributed by atoms with van der Waals surface area (Å²) < 4.78 is 37.7. The van der Waals surface area contributed by atoms with Gasteiger partial charge in [0, 0.05) is 24.6 Å². The second kappa shape index (κ2) is 7.99. The summed E-state index contributed by atoms with van der Waals surface area (Å²) in [4.78, 5) is 27.0. The highest BCUT2D eigenvalue weighted by Crippen LogP contribution is 2.33. The molecule has 0 unspecified atom stereocenters. The van der Waals surface area contributed by atoms with Gasteiger partial charge < -0.3 is 14.4 Å². The van der Waals surface area contributed by atoms with Crippen molar-refractivity contribution in [3.05, 3.63) is 58.1 Å². The van der Waals surface area contributed by atoms with E-state index < -0.39 is 17.5 Å². The lowest BCUT2D eigenvalue weighted by molar-refractivity contribution is 0.0650. The predicted molar refractivity (Wildman–Crippen MR) is 102 cm³/mol. The molecule has 2 heterocycles. The van der Waals surface area contributed by atoms with Crippen LogP contribution in [0.3, 0.4) is 0 Å². The molecule has 1 saturated heterocycles. The van der Waals surface area contributed by atoms with E-state index in [2.05, 4.69) is 0 Å². The molecule has 0 bridgehead atoms. The lowest BCUT2D eigenvalue weighted by Gasteiger charge is -2.31. The third-order valence-corrected chi connectivity index (χ3v) is 5.53. The van der Waals surface area contributed by atoms with Crippen LogP contribution in [0, 0.1) is 17.6 Å². The number of amides is 1. The number of rotatable bonds is 3. The monoisotopic (exact) mass is 421 g/mol. The van der Waals surface area contributed by atoms with Crippen molar-refractivity contribution in [3.8, 4) is 11.5 Å². The summed E-state index contributed by atoms with van der Waals surface area (Å²) in [6.07, 6.45) is 0.945. The maximum absolute atomic E-state index is 13.5. The number of fused-ring (bicyclic) bond motifs is 1. The van der Waals surface area contributed by atoms with E-state index in [9.17, 15) is 18.4 Å². The number of carbonyl (C=O) groups excluding carboxylic acids is 2. The van der Waals surface area contributed by atoms with Crippen LogP contribution in [0.4, 0.5) is 8.78 Å². The van der Waals surface area contributed by atoms with Crippen molar-refractivity contribution < 1.29 is 27.8 Å². The third-order valence-electron chi connectivity index (χ3n) is 5.22. The molecule has 0 radical (unpaired) electrons. The number of hydrogen-bond donors (Lipinski definition) is 0. The fourth-order valence-corrected chi connectivity index (χ4v) is 3.87. The smallest absolute Gasteiger partial charge is 0.255 e. The summed E-state index contributed by atoms with van der Waals surface area (Å²) in [6, 6.07) is 6.74. The lowest BCUT2D eigenvalue weighted by Crippen LogP contribution is -2.40. The van der Waals surface area contributed by atoms with Crippen LogP contribution in [0.1, 0.15) is 33.6 Å². The van der Waals surface area contributed by atoms with Gasteiger partial charge in [-0.05, 0) is 43.2 Å². The quantitative estimate of drug-likeness (QED) is 0.552. The molecule has 4 rings (SSSR count). The fraction of sp³-hybridized carbons (Fsp3) is 0.333. The number of ketones is 1. The topological polar surface area (TPSA) is 55.8 Å². The van der Waals surface area contributed by atoms with Gasteiger partial charge in [-0.2, -0.15) is 0 Å². The Hall–Kier alpha value is -2.67. The highest BCUT2D eigenvalue weighted by atomic mass is 35.5. The van der Waals surface area contributed by atoms with E-state index in [4.69, 9.17) is 21.1 Å². The largest absolute Gasteiger partial charge is 0.486 e. The van der Waals surface area contributed by atoms with E-state index in [1.807, 2.05) is 0 Å². The Morgan fingerprint density at radius 3 is 2.34 bits per heavy atom. The molecule has 1 fully saturated rings. The van der Waals surface area contributed by atoms with Crippen molar-refractivity contribution in [1.29, 1.82) is 0 Å². The van der Waals surface area contributed by atoms with Gasteiger partial charge in [-0.15, -0.1) is 0 Å². The van der Waals surface area contributed by atoms with E-state index in [1.54, 1.807) is 18.2 Å². The second-order valence-electron chi connectivity index (χ2n) is 7.04. The van der Waals surface area contributed by atoms with Crippen molar-refractivity contribution in [1.82, 2.24) is 4.90 Å². The molecule has 152 valence electrons. The van der Waals surface area contributed by atoms with E-state index in [1.165, 1.54) is 4.90 Å². The van der Waals surface area contributed by atoms with Crippen molar-refractivity contribution in [2.45, 2.75) is 12.8 Å². The van der Waals surface area contributed by atoms with Crippen LogP contribution in [0.2, 0.25) is 5.02 Å². The molecule has 2 aliphatic heterocycles. The van der Waals surface area contributed by atoms with Gasteiger partial charge in [-0.3, -0.25) is 9.59 Å². The van der Waals surface area contributed by atoms with E-state index in [-0.39, 0.29) is 22.3 Å². The molecule has 0 saturated carbocycles. The first kappa shape index (κ1) is 19.6. The summed E-state index contributed by atoms with van der Waals surface area (Å²) in [6.45, 7) is 1.58. The Labute approximate surface area is 171 Å². The molecule has 0 aromatic heterocycles. The predicted octanol–water partition coefficient (Wildman–Crippen LogP) is 4.12. The van der Waals surface area contributed by atoms with Gasteiger partial charge in [-0.25, -0.2) is 8.78 Å². The molecule has 0 aliphatic carbocycles. The zero-order chi connectivity index (χ0) is 20.5. The normalized spacial score (nSPS) is 16.6. The summed E-state index contributed by atoms with van der Waals surface area (Å²) in [5, 5.41) is -0.136. The molecule has 2 aromatic carbocycles. The first-order valence-electron chi connectivity index (χ1n) is 9.31. The van der Waals surface area contributed by atoms with E-state index >= 15 is 0 Å². The highest BCUT2D eigenvalue weighted by molar-refractivity contribution is 6.33. The van der Waals surface area contributed by atoms with Crippen molar-refractivity contribution in [3.63, 3.8) is 0 Å². The number of carbonyl (C=O) groups is 2. The zero-order valence-electron chi connectivity index (χ0n) is 15.4. The van der Waals surface area contributed by atoms with Crippen LogP contribution in [-0.2, 0) is 0 Å². The molecular weight excluding hydrogens is 404 g/mol. The third kappa shape index (κ3) is 3.92. The molecule has 0 N–H and O–H groups in total. The number of halogens is 3. The number of piperidine rings is 1. The summed E-state index contributed by atoms with van der Waals surface area (Å²) in [5.74, 6) is -1.77. The number of benzene rings is 2. The van der Waals surface area contributed by atoms with Crippen LogP contribution >= 0.6 is 11.6 Å². The Bertz CT molecular complexity index is 973. The number of ether oxygens (including phenoxy) is 2. The molecule has 5 nitrogen and oxygen atoms in total. The van der Waals surface area contributed by atoms with Crippen LogP contribution in [0.15, 0.2) is 30.3 Å². The highest BCUT2D eigenvalue weighted by Gasteiger charge is 2.30. The van der Waals surface area contributed by atoms with Gasteiger partial charge in [0.05, 0.1) is 10.6 Å². The molecule has 0 atom stereocenters. The molecule has 2 aromatic rings. The van der Waals surface area contributed by atoms with Crippen LogP contribution in [0.25, 0.3) is 0 Å². The van der Waals surface area contributed by atoms with Crippen molar-refractivity contribution >= 4 is 23.3 Å². The van der Waals surface area contributed by atoms with E-state index in [0.717, 1.165) is 12.1 Å². The molecule has 0 spiro atoms. The maximum Gasteiger partial charge on any atom is 0.255 e. The summed E-state index contributed by atoms with van der Waals surface area (Å²) >= 11 is 5.90. The molecule has 2 aliphatic rings. The van der Waals surface area contributed by atoms with Crippen molar-refractivity contribution in [2.75, 3.05) is 26.3 Å². The standard InChI is InChI=1S/C21H18ClF2NO4/c22-15-11-17(24)16(23)10-14(15)21(27)25-5-3-12(4-6-25)20(26)13-1-2-18-19(9-13)29-8-7-28-18/h1-2,9-12H,3-8H2. The SMILES string of the molecule is O=C(c1ccc2c(c1)OCCO2)C1CCN(C(=O)c2cc(F)c(F)cc2Cl)CC1. The zero-order valence-corrected chi connectivity index (χ0v) is 16.2. The molecular formula is C21H18ClF2NO4. The molecule has 8 heteroatoms. The van der Waals surface area contributed by atoms with Gasteiger partial charge in [0.15, 0.2) is 28.9 Å². The van der Waals surface area contributed by atoms with Crippen LogP contribution < -0.4 is 9.47 Å². The minimum absolute atomic E-state index is 0.0140. The average Bonchev–Trinajstić information content (AvgIpc) is 2.75. The minimum atomic E-state index is -1.12. The fourth-order valence-electron chi connectivity index (χ4n) is 3.63. The minimum Gasteiger partial charge on any atom is -0.486 e. The average molecular weight is 422 g/mol. The summed E-state index contributed by atoms with van der Waals surface area (Å²) in [7, 11) is 0. The van der Waals surface area contributed by atoms with Gasteiger partial charge in [0.25, 0.3) is 5.91 Å². The van der Waals surface area contributed by atoms with Gasteiger partial charge >= 0.3 is 0 Å². The Kier molecular flexibility index (Phi) is 5.41. The van der Waals surface area contributed by atoms with Gasteiger partial charge in [0.1, 0.15) is 13.2 Å². The van der Waals surface area contributed by atoms with Crippen LogP contribution in [-0.4, -0.2) is 42.9 Å². The summed E-state index contributed by atoms with van der Waals surface area (Å²) in [5.41, 5.74) is 0.463. The Balaban J connectivity index is 1.42. The number of nitrogens with zero attached hydrogens (tertiary/aromatic N) is 1. The lowest BCUT2D eigenvalue weighted by atomic mass is 9.88. The Morgan fingerprint density at radius 1 is 0.966 bits per heavy atom. The van der Waals surface area contributed by atoms with Crippen molar-refractivity contribution in [2.24, 2.45) is 5.92 Å². The number of Topliss-reactive ketones (excluding diaryl/α,β-unsaturated/α-hetero) is 1. The first-order chi connectivity index (χ1) is 13.9. The molecule has 29 heavy (non-hydrogen) atoms. The van der Waals surface area contributed by atoms with E-state index in [0.29, 0.717) is 56.2 Å². The van der Waals surface area contributed by atoms with Crippen LogP contribution in [0.5, 0.6) is 11.5 Å². The molecule has 1 amide bonds. The number of likely N-dealkylation sites (tertiary alicyclic amines) is 1. The second-order valence-corrected chi connectivity index (χ2v) is 7.44. The first-order valence-corrected chi connectivity index (χ1v) is 9.69.